The molecule has 27 heavy (non-hydrogen) atoms. The van der Waals surface area contributed by atoms with Gasteiger partial charge in [0.25, 0.3) is 0 Å². The maximum Gasteiger partial charge on any atom is 0.243 e. The zero-order valence-electron chi connectivity index (χ0n) is 16.9. The van der Waals surface area contributed by atoms with E-state index in [0.29, 0.717) is 18.8 Å². The first-order valence-electron chi connectivity index (χ1n) is 9.63. The molecule has 0 aliphatic carbocycles. The Hall–Kier alpha value is -1.80. The molecule has 2 rings (SSSR count). The van der Waals surface area contributed by atoms with E-state index in [1.165, 1.54) is 4.31 Å². The summed E-state index contributed by atoms with van der Waals surface area (Å²) in [5.41, 5.74) is 1.56. The number of sulfonamides is 1. The van der Waals surface area contributed by atoms with E-state index >= 15 is 0 Å². The molecule has 7 nitrogen and oxygen atoms in total. The van der Waals surface area contributed by atoms with E-state index in [1.54, 1.807) is 17.0 Å². The van der Waals surface area contributed by atoms with E-state index in [4.69, 9.17) is 0 Å². The van der Waals surface area contributed by atoms with Crippen molar-refractivity contribution in [1.82, 2.24) is 9.80 Å². The number of rotatable bonds is 8. The topological polar surface area (TPSA) is 64.2 Å². The van der Waals surface area contributed by atoms with Crippen LogP contribution in [-0.4, -0.2) is 82.7 Å². The summed E-state index contributed by atoms with van der Waals surface area (Å²) in [6, 6.07) is 7.37. The number of carbonyl (C=O) groups is 1. The first-order valence-corrected chi connectivity index (χ1v) is 11.5. The molecule has 0 N–H and O–H groups in total. The van der Waals surface area contributed by atoms with Crippen LogP contribution in [0.4, 0.5) is 11.4 Å². The molecule has 1 fully saturated rings. The number of likely N-dealkylation sites (N-methyl/N-ethyl adjacent to an activating group) is 1. The number of hydrogen-bond donors (Lipinski definition) is 0. The van der Waals surface area contributed by atoms with Gasteiger partial charge in [-0.05, 0) is 44.7 Å². The number of anilines is 2. The van der Waals surface area contributed by atoms with Crippen LogP contribution in [0.5, 0.6) is 0 Å². The van der Waals surface area contributed by atoms with E-state index in [1.807, 2.05) is 12.1 Å². The van der Waals surface area contributed by atoms with Crippen LogP contribution in [0, 0.1) is 0 Å². The van der Waals surface area contributed by atoms with Crippen LogP contribution in [0.15, 0.2) is 24.3 Å². The zero-order valence-corrected chi connectivity index (χ0v) is 17.7. The Balaban J connectivity index is 2.13. The summed E-state index contributed by atoms with van der Waals surface area (Å²) in [6.07, 6.45) is 1.15. The molecule has 0 saturated carbocycles. The fourth-order valence-corrected chi connectivity index (χ4v) is 4.20. The minimum Gasteiger partial charge on any atom is -0.372 e. The highest BCUT2D eigenvalue weighted by molar-refractivity contribution is 7.92. The van der Waals surface area contributed by atoms with Gasteiger partial charge in [-0.1, -0.05) is 6.92 Å². The Kier molecular flexibility index (Phi) is 7.49. The van der Waals surface area contributed by atoms with Crippen LogP contribution in [-0.2, 0) is 14.8 Å². The lowest BCUT2D eigenvalue weighted by Gasteiger charge is -2.35. The maximum atomic E-state index is 12.7. The third kappa shape index (κ3) is 5.59. The highest BCUT2D eigenvalue weighted by atomic mass is 32.2. The van der Waals surface area contributed by atoms with Gasteiger partial charge in [-0.3, -0.25) is 9.10 Å². The number of benzene rings is 1. The average molecular weight is 397 g/mol. The van der Waals surface area contributed by atoms with Crippen molar-refractivity contribution in [3.8, 4) is 0 Å². The van der Waals surface area contributed by atoms with Gasteiger partial charge < -0.3 is 14.7 Å². The van der Waals surface area contributed by atoms with Gasteiger partial charge in [0, 0.05) is 45.0 Å². The van der Waals surface area contributed by atoms with Crippen LogP contribution in [0.2, 0.25) is 0 Å². The standard InChI is InChI=1S/C19H32N4O3S/c1-5-20-12-14-22(15-13-20)19(24)16-23(27(4,25)26)18-10-8-17(9-11-18)21(6-2)7-3/h8-11H,5-7,12-16H2,1-4H3. The maximum absolute atomic E-state index is 12.7. The van der Waals surface area contributed by atoms with E-state index in [0.717, 1.165) is 44.7 Å². The lowest BCUT2D eigenvalue weighted by atomic mass is 10.2. The quantitative estimate of drug-likeness (QED) is 0.666. The summed E-state index contributed by atoms with van der Waals surface area (Å²) < 4.78 is 25.8. The minimum atomic E-state index is -3.55. The largest absolute Gasteiger partial charge is 0.372 e. The second-order valence-corrected chi connectivity index (χ2v) is 8.68. The molecule has 1 aromatic carbocycles. The van der Waals surface area contributed by atoms with Crippen molar-refractivity contribution in [3.63, 3.8) is 0 Å². The van der Waals surface area contributed by atoms with Gasteiger partial charge in [0.1, 0.15) is 6.54 Å². The summed E-state index contributed by atoms with van der Waals surface area (Å²) in [5, 5.41) is 0. The molecule has 8 heteroatoms. The molecular formula is C19H32N4O3S. The molecule has 0 aromatic heterocycles. The monoisotopic (exact) mass is 396 g/mol. The summed E-state index contributed by atoms with van der Waals surface area (Å²) in [5.74, 6) is -0.149. The van der Waals surface area contributed by atoms with Crippen molar-refractivity contribution < 1.29 is 13.2 Å². The van der Waals surface area contributed by atoms with Crippen molar-refractivity contribution in [1.29, 1.82) is 0 Å². The summed E-state index contributed by atoms with van der Waals surface area (Å²) in [6.45, 7) is 11.8. The normalized spacial score (nSPS) is 15.6. The molecule has 1 aromatic rings. The van der Waals surface area contributed by atoms with Gasteiger partial charge in [-0.2, -0.15) is 0 Å². The predicted octanol–water partition coefficient (Wildman–Crippen LogP) is 1.46. The molecule has 1 amide bonds. The van der Waals surface area contributed by atoms with Gasteiger partial charge >= 0.3 is 0 Å². The fraction of sp³-hybridized carbons (Fsp3) is 0.632. The molecule has 0 radical (unpaired) electrons. The van der Waals surface area contributed by atoms with Crippen molar-refractivity contribution in [2.75, 3.05) is 67.8 Å². The molecule has 1 saturated heterocycles. The van der Waals surface area contributed by atoms with Crippen molar-refractivity contribution in [2.24, 2.45) is 0 Å². The molecule has 1 aliphatic rings. The zero-order chi connectivity index (χ0) is 20.0. The summed E-state index contributed by atoms with van der Waals surface area (Å²) in [4.78, 5) is 18.9. The average Bonchev–Trinajstić information content (AvgIpc) is 2.67. The minimum absolute atomic E-state index is 0.149. The van der Waals surface area contributed by atoms with Crippen LogP contribution in [0.25, 0.3) is 0 Å². The van der Waals surface area contributed by atoms with Gasteiger partial charge in [0.2, 0.25) is 15.9 Å². The third-order valence-electron chi connectivity index (χ3n) is 5.12. The highest BCUT2D eigenvalue weighted by Crippen LogP contribution is 2.23. The lowest BCUT2D eigenvalue weighted by Crippen LogP contribution is -2.51. The predicted molar refractivity (Wildman–Crippen MR) is 111 cm³/mol. The molecular weight excluding hydrogens is 364 g/mol. The molecule has 0 spiro atoms. The number of amides is 1. The van der Waals surface area contributed by atoms with Gasteiger partial charge in [0.05, 0.1) is 11.9 Å². The van der Waals surface area contributed by atoms with Crippen molar-refractivity contribution in [2.45, 2.75) is 20.8 Å². The number of nitrogens with zero attached hydrogens (tertiary/aromatic N) is 4. The Morgan fingerprint density at radius 1 is 0.963 bits per heavy atom. The Bertz CT molecular complexity index is 709. The van der Waals surface area contributed by atoms with Crippen LogP contribution < -0.4 is 9.21 Å². The van der Waals surface area contributed by atoms with Crippen LogP contribution >= 0.6 is 0 Å². The molecule has 1 aliphatic heterocycles. The lowest BCUT2D eigenvalue weighted by molar-refractivity contribution is -0.131. The van der Waals surface area contributed by atoms with Gasteiger partial charge in [-0.25, -0.2) is 8.42 Å². The molecule has 0 bridgehead atoms. The SMILES string of the molecule is CCN1CCN(C(=O)CN(c2ccc(N(CC)CC)cc2)S(C)(=O)=O)CC1. The van der Waals surface area contributed by atoms with Crippen LogP contribution in [0.1, 0.15) is 20.8 Å². The summed E-state index contributed by atoms with van der Waals surface area (Å²) in [7, 11) is -3.55. The first-order chi connectivity index (χ1) is 12.8. The second-order valence-electron chi connectivity index (χ2n) is 6.77. The van der Waals surface area contributed by atoms with Gasteiger partial charge in [0.15, 0.2) is 0 Å². The van der Waals surface area contributed by atoms with Crippen molar-refractivity contribution in [3.05, 3.63) is 24.3 Å². The Morgan fingerprint density at radius 3 is 1.93 bits per heavy atom. The molecule has 1 heterocycles. The second kappa shape index (κ2) is 9.41. The van der Waals surface area contributed by atoms with Crippen molar-refractivity contribution >= 4 is 27.3 Å². The van der Waals surface area contributed by atoms with Gasteiger partial charge in [-0.15, -0.1) is 0 Å². The van der Waals surface area contributed by atoms with E-state index in [2.05, 4.69) is 30.6 Å². The number of carbonyl (C=O) groups excluding carboxylic acids is 1. The van der Waals surface area contributed by atoms with E-state index in [-0.39, 0.29) is 12.5 Å². The highest BCUT2D eigenvalue weighted by Gasteiger charge is 2.26. The van der Waals surface area contributed by atoms with Crippen LogP contribution in [0.3, 0.4) is 0 Å². The van der Waals surface area contributed by atoms with E-state index < -0.39 is 10.0 Å². The Labute approximate surface area is 163 Å². The first kappa shape index (κ1) is 21.5. The third-order valence-corrected chi connectivity index (χ3v) is 6.26. The molecule has 0 unspecified atom stereocenters. The fourth-order valence-electron chi connectivity index (χ4n) is 3.35. The number of hydrogen-bond acceptors (Lipinski definition) is 5. The smallest absolute Gasteiger partial charge is 0.243 e. The molecule has 152 valence electrons. The summed E-state index contributed by atoms with van der Waals surface area (Å²) >= 11 is 0. The Morgan fingerprint density at radius 2 is 1.48 bits per heavy atom. The number of piperazine rings is 1. The molecule has 0 atom stereocenters. The van der Waals surface area contributed by atoms with E-state index in [9.17, 15) is 13.2 Å².